The summed E-state index contributed by atoms with van der Waals surface area (Å²) in [5.41, 5.74) is 7.43. The van der Waals surface area contributed by atoms with Crippen molar-refractivity contribution in [3.63, 3.8) is 0 Å². The Morgan fingerprint density at radius 1 is 1.15 bits per heavy atom. The maximum atomic E-state index is 12.4. The van der Waals surface area contributed by atoms with Crippen LogP contribution in [0.4, 0.5) is 11.4 Å². The van der Waals surface area contributed by atoms with Crippen LogP contribution >= 0.6 is 0 Å². The van der Waals surface area contributed by atoms with Crippen LogP contribution in [0.5, 0.6) is 5.75 Å². The van der Waals surface area contributed by atoms with Crippen LogP contribution in [-0.2, 0) is 10.0 Å². The average molecular weight is 292 g/mol. The topological polar surface area (TPSA) is 81.4 Å². The number of nitrogen functional groups attached to an aromatic ring is 1. The van der Waals surface area contributed by atoms with Gasteiger partial charge in [0.2, 0.25) is 0 Å². The molecule has 106 valence electrons. The van der Waals surface area contributed by atoms with Crippen molar-refractivity contribution in [2.75, 3.05) is 17.6 Å². The molecule has 20 heavy (non-hydrogen) atoms. The van der Waals surface area contributed by atoms with E-state index in [0.717, 1.165) is 5.56 Å². The van der Waals surface area contributed by atoms with Gasteiger partial charge in [-0.1, -0.05) is 18.2 Å². The Morgan fingerprint density at radius 2 is 1.80 bits per heavy atom. The molecule has 0 heterocycles. The third kappa shape index (κ3) is 2.85. The Kier molecular flexibility index (Phi) is 3.85. The van der Waals surface area contributed by atoms with Crippen LogP contribution in [0.1, 0.15) is 5.56 Å². The van der Waals surface area contributed by atoms with Gasteiger partial charge in [-0.2, -0.15) is 0 Å². The molecule has 5 nitrogen and oxygen atoms in total. The molecule has 3 N–H and O–H groups in total. The molecule has 0 atom stereocenters. The smallest absolute Gasteiger partial charge is 0.265 e. The quantitative estimate of drug-likeness (QED) is 0.848. The first kappa shape index (κ1) is 14.2. The number of ether oxygens (including phenoxy) is 1. The molecule has 0 amide bonds. The van der Waals surface area contributed by atoms with E-state index >= 15 is 0 Å². The Balaban J connectivity index is 2.47. The standard InChI is InChI=1S/C14H16N2O3S/c1-10-8-13(19-2)14(9-12(10)15)20(17,18)16-11-6-4-3-5-7-11/h3-9,16H,15H2,1-2H3. The predicted molar refractivity (Wildman–Crippen MR) is 79.4 cm³/mol. The number of nitrogens with one attached hydrogen (secondary N) is 1. The van der Waals surface area contributed by atoms with Crippen molar-refractivity contribution >= 4 is 21.4 Å². The number of anilines is 2. The second-order valence-electron chi connectivity index (χ2n) is 4.33. The number of methoxy groups -OCH3 is 1. The molecule has 0 bridgehead atoms. The SMILES string of the molecule is COc1cc(C)c(N)cc1S(=O)(=O)Nc1ccccc1. The third-order valence-corrected chi connectivity index (χ3v) is 4.27. The van der Waals surface area contributed by atoms with Gasteiger partial charge in [0.1, 0.15) is 10.6 Å². The second kappa shape index (κ2) is 5.42. The van der Waals surface area contributed by atoms with Gasteiger partial charge in [-0.15, -0.1) is 0 Å². The van der Waals surface area contributed by atoms with E-state index in [1.807, 2.05) is 6.07 Å². The van der Waals surface area contributed by atoms with Crippen LogP contribution < -0.4 is 15.2 Å². The molecule has 0 aliphatic heterocycles. The summed E-state index contributed by atoms with van der Waals surface area (Å²) in [6.07, 6.45) is 0. The van der Waals surface area contributed by atoms with Crippen molar-refractivity contribution < 1.29 is 13.2 Å². The number of hydrogen-bond acceptors (Lipinski definition) is 4. The van der Waals surface area contributed by atoms with Crippen molar-refractivity contribution in [2.45, 2.75) is 11.8 Å². The molecule has 2 aromatic rings. The molecule has 2 aromatic carbocycles. The van der Waals surface area contributed by atoms with Crippen molar-refractivity contribution in [2.24, 2.45) is 0 Å². The molecule has 0 aliphatic carbocycles. The van der Waals surface area contributed by atoms with E-state index in [4.69, 9.17) is 10.5 Å². The number of benzene rings is 2. The summed E-state index contributed by atoms with van der Waals surface area (Å²) < 4.78 is 32.4. The fraction of sp³-hybridized carbons (Fsp3) is 0.143. The van der Waals surface area contributed by atoms with Crippen molar-refractivity contribution in [1.29, 1.82) is 0 Å². The molecule has 0 saturated heterocycles. The fourth-order valence-electron chi connectivity index (χ4n) is 1.76. The molecular formula is C14H16N2O3S. The van der Waals surface area contributed by atoms with E-state index < -0.39 is 10.0 Å². The first-order valence-electron chi connectivity index (χ1n) is 5.96. The number of hydrogen-bond donors (Lipinski definition) is 2. The van der Waals surface area contributed by atoms with Gasteiger partial charge in [0.15, 0.2) is 0 Å². The molecular weight excluding hydrogens is 276 g/mol. The Labute approximate surface area is 118 Å². The highest BCUT2D eigenvalue weighted by Crippen LogP contribution is 2.30. The summed E-state index contributed by atoms with van der Waals surface area (Å²) in [5, 5.41) is 0. The maximum absolute atomic E-state index is 12.4. The normalized spacial score (nSPS) is 11.1. The van der Waals surface area contributed by atoms with E-state index in [9.17, 15) is 8.42 Å². The minimum atomic E-state index is -3.75. The molecule has 0 aliphatic rings. The van der Waals surface area contributed by atoms with E-state index in [0.29, 0.717) is 11.4 Å². The first-order chi connectivity index (χ1) is 9.44. The number of aryl methyl sites for hydroxylation is 1. The highest BCUT2D eigenvalue weighted by atomic mass is 32.2. The molecule has 0 saturated carbocycles. The lowest BCUT2D eigenvalue weighted by atomic mass is 10.2. The minimum Gasteiger partial charge on any atom is -0.495 e. The van der Waals surface area contributed by atoms with Crippen LogP contribution in [-0.4, -0.2) is 15.5 Å². The van der Waals surface area contributed by atoms with Crippen molar-refractivity contribution in [3.8, 4) is 5.75 Å². The molecule has 0 unspecified atom stereocenters. The summed E-state index contributed by atoms with van der Waals surface area (Å²) >= 11 is 0. The summed E-state index contributed by atoms with van der Waals surface area (Å²) in [5.74, 6) is 0.264. The highest BCUT2D eigenvalue weighted by Gasteiger charge is 2.21. The van der Waals surface area contributed by atoms with E-state index in [2.05, 4.69) is 4.72 Å². The van der Waals surface area contributed by atoms with Crippen LogP contribution in [0, 0.1) is 6.92 Å². The van der Waals surface area contributed by atoms with Crippen molar-refractivity contribution in [1.82, 2.24) is 0 Å². The summed E-state index contributed by atoms with van der Waals surface area (Å²) in [6.45, 7) is 1.79. The fourth-order valence-corrected chi connectivity index (χ4v) is 3.01. The average Bonchev–Trinajstić information content (AvgIpc) is 2.42. The van der Waals surface area contributed by atoms with E-state index in [1.54, 1.807) is 37.3 Å². The molecule has 0 spiro atoms. The molecule has 0 fully saturated rings. The first-order valence-corrected chi connectivity index (χ1v) is 7.44. The van der Waals surface area contributed by atoms with Gasteiger partial charge in [-0.05, 0) is 36.8 Å². The van der Waals surface area contributed by atoms with E-state index in [1.165, 1.54) is 13.2 Å². The zero-order valence-electron chi connectivity index (χ0n) is 11.3. The second-order valence-corrected chi connectivity index (χ2v) is 5.98. The summed E-state index contributed by atoms with van der Waals surface area (Å²) in [6, 6.07) is 11.6. The van der Waals surface area contributed by atoms with Gasteiger partial charge in [0.05, 0.1) is 7.11 Å². The summed E-state index contributed by atoms with van der Waals surface area (Å²) in [4.78, 5) is 0.0203. The van der Waals surface area contributed by atoms with Gasteiger partial charge >= 0.3 is 0 Å². The number of nitrogens with two attached hydrogens (primary N) is 1. The zero-order chi connectivity index (χ0) is 14.8. The maximum Gasteiger partial charge on any atom is 0.265 e. The molecule has 0 aromatic heterocycles. The van der Waals surface area contributed by atoms with Crippen LogP contribution in [0.25, 0.3) is 0 Å². The van der Waals surface area contributed by atoms with Crippen LogP contribution in [0.3, 0.4) is 0 Å². The Hall–Kier alpha value is -2.21. The lowest BCUT2D eigenvalue weighted by Crippen LogP contribution is -2.14. The highest BCUT2D eigenvalue weighted by molar-refractivity contribution is 7.92. The Bertz CT molecular complexity index is 713. The van der Waals surface area contributed by atoms with Crippen LogP contribution in [0.15, 0.2) is 47.4 Å². The van der Waals surface area contributed by atoms with Gasteiger partial charge in [0, 0.05) is 11.4 Å². The minimum absolute atomic E-state index is 0.0203. The van der Waals surface area contributed by atoms with Gasteiger partial charge < -0.3 is 10.5 Å². The molecule has 2 rings (SSSR count). The predicted octanol–water partition coefficient (Wildman–Crippen LogP) is 2.39. The lowest BCUT2D eigenvalue weighted by molar-refractivity contribution is 0.402. The molecule has 0 radical (unpaired) electrons. The molecule has 6 heteroatoms. The van der Waals surface area contributed by atoms with Crippen LogP contribution in [0.2, 0.25) is 0 Å². The number of para-hydroxylation sites is 1. The van der Waals surface area contributed by atoms with Gasteiger partial charge in [0.25, 0.3) is 10.0 Å². The number of rotatable bonds is 4. The van der Waals surface area contributed by atoms with Gasteiger partial charge in [-0.25, -0.2) is 8.42 Å². The van der Waals surface area contributed by atoms with Gasteiger partial charge in [-0.3, -0.25) is 4.72 Å². The largest absolute Gasteiger partial charge is 0.495 e. The monoisotopic (exact) mass is 292 g/mol. The summed E-state index contributed by atoms with van der Waals surface area (Å²) in [7, 11) is -2.33. The number of sulfonamides is 1. The third-order valence-electron chi connectivity index (χ3n) is 2.87. The lowest BCUT2D eigenvalue weighted by Gasteiger charge is -2.13. The Morgan fingerprint density at radius 3 is 2.40 bits per heavy atom. The van der Waals surface area contributed by atoms with E-state index in [-0.39, 0.29) is 10.6 Å². The zero-order valence-corrected chi connectivity index (χ0v) is 12.1. The van der Waals surface area contributed by atoms with Crippen molar-refractivity contribution in [3.05, 3.63) is 48.0 Å².